The Kier molecular flexibility index (Phi) is 15.6. The van der Waals surface area contributed by atoms with Crippen LogP contribution in [0, 0.1) is 28.9 Å². The average Bonchev–Trinajstić information content (AvgIpc) is 3.46. The van der Waals surface area contributed by atoms with E-state index in [1.807, 2.05) is 0 Å². The van der Waals surface area contributed by atoms with Gasteiger partial charge >= 0.3 is 0 Å². The number of unbranched alkanes of at least 4 members (excludes halogenated alkanes) is 2. The lowest BCUT2D eigenvalue weighted by atomic mass is 10.0. The van der Waals surface area contributed by atoms with Crippen LogP contribution in [0.3, 0.4) is 0 Å². The third kappa shape index (κ3) is 10.7. The van der Waals surface area contributed by atoms with Crippen LogP contribution in [0.2, 0.25) is 0 Å². The quantitative estimate of drug-likeness (QED) is 0.0745. The van der Waals surface area contributed by atoms with E-state index >= 15 is 0 Å². The monoisotopic (exact) mass is 684 g/mol. The number of ether oxygens (including phenoxy) is 2. The molecule has 0 fully saturated rings. The molecule has 0 aliphatic rings. The molecule has 12 heteroatoms. The van der Waals surface area contributed by atoms with Crippen molar-refractivity contribution in [3.05, 3.63) is 39.3 Å². The molecule has 40 heavy (non-hydrogen) atoms. The molecule has 0 amide bonds. The fourth-order valence-electron chi connectivity index (χ4n) is 3.59. The molecule has 0 saturated heterocycles. The summed E-state index contributed by atoms with van der Waals surface area (Å²) in [7, 11) is 0. The van der Waals surface area contributed by atoms with Crippen LogP contribution >= 0.6 is 93.3 Å². The molecule has 2 heterocycles. The van der Waals surface area contributed by atoms with Gasteiger partial charge in [0.1, 0.15) is 17.8 Å². The van der Waals surface area contributed by atoms with E-state index in [4.69, 9.17) is 44.4 Å². The zero-order valence-corrected chi connectivity index (χ0v) is 29.1. The number of hydrogen-bond acceptors (Lipinski definition) is 12. The highest BCUT2D eigenvalue weighted by atomic mass is 32.2. The van der Waals surface area contributed by atoms with Crippen molar-refractivity contribution >= 4 is 93.3 Å². The van der Waals surface area contributed by atoms with Gasteiger partial charge < -0.3 is 9.47 Å². The van der Waals surface area contributed by atoms with Crippen LogP contribution in [-0.2, 0) is 12.8 Å². The van der Waals surface area contributed by atoms with E-state index in [2.05, 4.69) is 38.1 Å². The molecule has 0 atom stereocenters. The van der Waals surface area contributed by atoms with Crippen molar-refractivity contribution in [2.24, 2.45) is 0 Å². The molecule has 1 aromatic carbocycles. The van der Waals surface area contributed by atoms with Crippen molar-refractivity contribution < 1.29 is 9.47 Å². The van der Waals surface area contributed by atoms with Gasteiger partial charge in [0.15, 0.2) is 0 Å². The number of nitriles is 2. The standard InChI is InChI=1S/C28H32N2O2S8/c1-3-5-11-31-21-15-20(18-24-26(36-14-8-10-30)40-28(34)38-24)22(32-12-6-4-2)16-19(21)17-23-25(35-13-7-9-29)39-27(33)37-23/h15-16H,3-8,11-14,17-18H2,1-2H3. The molecule has 2 aromatic heterocycles. The maximum atomic E-state index is 8.99. The summed E-state index contributed by atoms with van der Waals surface area (Å²) in [6.07, 6.45) is 6.56. The minimum absolute atomic E-state index is 0.515. The first-order valence-electron chi connectivity index (χ1n) is 13.1. The smallest absolute Gasteiger partial charge is 0.145 e. The largest absolute Gasteiger partial charge is 0.493 e. The van der Waals surface area contributed by atoms with Gasteiger partial charge in [0, 0.05) is 58.1 Å². The highest BCUT2D eigenvalue weighted by Gasteiger charge is 2.19. The fourth-order valence-corrected chi connectivity index (χ4v) is 12.3. The van der Waals surface area contributed by atoms with Crippen LogP contribution in [0.25, 0.3) is 0 Å². The number of rotatable bonds is 18. The Balaban J connectivity index is 2.00. The van der Waals surface area contributed by atoms with E-state index in [1.54, 1.807) is 68.9 Å². The highest BCUT2D eigenvalue weighted by molar-refractivity contribution is 8.02. The van der Waals surface area contributed by atoms with Crippen LogP contribution in [0.5, 0.6) is 11.5 Å². The van der Waals surface area contributed by atoms with Gasteiger partial charge in [-0.2, -0.15) is 10.5 Å². The number of hydrogen-bond donors (Lipinski definition) is 0. The first-order valence-corrected chi connectivity index (χ1v) is 19.2. The Bertz CT molecular complexity index is 1320. The number of nitrogens with zero attached hydrogens (tertiary/aromatic N) is 2. The summed E-state index contributed by atoms with van der Waals surface area (Å²) in [6.45, 7) is 5.65. The van der Waals surface area contributed by atoms with E-state index in [0.29, 0.717) is 38.9 Å². The van der Waals surface area contributed by atoms with Crippen LogP contribution in [0.1, 0.15) is 73.3 Å². The summed E-state index contributed by atoms with van der Waals surface area (Å²) in [5.74, 6) is 3.30. The summed E-state index contributed by atoms with van der Waals surface area (Å²) in [6, 6.07) is 8.79. The molecule has 0 saturated carbocycles. The lowest BCUT2D eigenvalue weighted by molar-refractivity contribution is 0.296. The summed E-state index contributed by atoms with van der Waals surface area (Å²) >= 11 is 21.1. The Hall–Kier alpha value is -0.960. The topological polar surface area (TPSA) is 66.0 Å². The lowest BCUT2D eigenvalue weighted by Gasteiger charge is -2.18. The zero-order valence-electron chi connectivity index (χ0n) is 22.6. The maximum Gasteiger partial charge on any atom is 0.145 e. The van der Waals surface area contributed by atoms with Crippen molar-refractivity contribution in [3.8, 4) is 23.6 Å². The lowest BCUT2D eigenvalue weighted by Crippen LogP contribution is -2.06. The second kappa shape index (κ2) is 18.6. The first-order chi connectivity index (χ1) is 19.5. The molecule has 0 bridgehead atoms. The van der Waals surface area contributed by atoms with Gasteiger partial charge in [0.2, 0.25) is 0 Å². The third-order valence-corrected chi connectivity index (χ3v) is 13.8. The molecule has 0 N–H and O–H groups in total. The van der Waals surface area contributed by atoms with Gasteiger partial charge in [-0.3, -0.25) is 0 Å². The highest BCUT2D eigenvalue weighted by Crippen LogP contribution is 2.41. The molecule has 0 aliphatic carbocycles. The minimum Gasteiger partial charge on any atom is -0.493 e. The summed E-state index contributed by atoms with van der Waals surface area (Å²) < 4.78 is 17.0. The van der Waals surface area contributed by atoms with Gasteiger partial charge in [0.25, 0.3) is 0 Å². The Morgan fingerprint density at radius 1 is 0.725 bits per heavy atom. The number of benzene rings is 1. The Morgan fingerprint density at radius 3 is 1.52 bits per heavy atom. The second-order valence-electron chi connectivity index (χ2n) is 8.67. The van der Waals surface area contributed by atoms with Crippen molar-refractivity contribution in [2.45, 2.75) is 73.6 Å². The van der Waals surface area contributed by atoms with Crippen LogP contribution in [0.4, 0.5) is 0 Å². The van der Waals surface area contributed by atoms with Gasteiger partial charge in [-0.1, -0.05) is 51.1 Å². The summed E-state index contributed by atoms with van der Waals surface area (Å²) in [5, 5.41) is 18.0. The Labute approximate surface area is 272 Å². The molecule has 0 aliphatic heterocycles. The summed E-state index contributed by atoms with van der Waals surface area (Å²) in [5.41, 5.74) is 2.19. The molecular formula is C28H32N2O2S8. The fraction of sp³-hybridized carbons (Fsp3) is 0.500. The predicted octanol–water partition coefficient (Wildman–Crippen LogP) is 10.9. The van der Waals surface area contributed by atoms with Crippen molar-refractivity contribution in [1.29, 1.82) is 10.5 Å². The molecule has 4 nitrogen and oxygen atoms in total. The van der Waals surface area contributed by atoms with Crippen LogP contribution < -0.4 is 9.47 Å². The van der Waals surface area contributed by atoms with E-state index in [9.17, 15) is 0 Å². The molecule has 0 radical (unpaired) electrons. The first kappa shape index (κ1) is 33.5. The molecule has 3 rings (SSSR count). The molecule has 214 valence electrons. The third-order valence-electron chi connectivity index (χ3n) is 5.57. The predicted molar refractivity (Wildman–Crippen MR) is 181 cm³/mol. The van der Waals surface area contributed by atoms with E-state index < -0.39 is 0 Å². The molecule has 0 spiro atoms. The molecule has 0 unspecified atom stereocenters. The maximum absolute atomic E-state index is 8.99. The zero-order chi connectivity index (χ0) is 28.7. The molecule has 3 aromatic rings. The van der Waals surface area contributed by atoms with E-state index in [1.165, 1.54) is 18.2 Å². The van der Waals surface area contributed by atoms with Crippen molar-refractivity contribution in [2.75, 3.05) is 24.7 Å². The SMILES string of the molecule is CCCCOc1cc(Cc2sc(=S)sc2SCCC#N)c(OCCCC)cc1Cc1sc(=S)sc1SCCC#N. The minimum atomic E-state index is 0.515. The second-order valence-corrected chi connectivity index (χ2v) is 18.0. The summed E-state index contributed by atoms with van der Waals surface area (Å²) in [4.78, 5) is 2.44. The van der Waals surface area contributed by atoms with Gasteiger partial charge in [0.05, 0.1) is 33.8 Å². The van der Waals surface area contributed by atoms with Crippen LogP contribution in [0.15, 0.2) is 20.6 Å². The normalized spacial score (nSPS) is 10.8. The molecular weight excluding hydrogens is 653 g/mol. The Morgan fingerprint density at radius 2 is 1.15 bits per heavy atom. The van der Waals surface area contributed by atoms with Crippen molar-refractivity contribution in [3.63, 3.8) is 0 Å². The van der Waals surface area contributed by atoms with E-state index in [0.717, 1.165) is 66.1 Å². The van der Waals surface area contributed by atoms with Gasteiger partial charge in [-0.15, -0.1) is 68.9 Å². The number of thioether (sulfide) groups is 2. The average molecular weight is 685 g/mol. The van der Waals surface area contributed by atoms with Gasteiger partial charge in [-0.05, 0) is 25.0 Å². The van der Waals surface area contributed by atoms with Crippen LogP contribution in [-0.4, -0.2) is 24.7 Å². The van der Waals surface area contributed by atoms with E-state index in [-0.39, 0.29) is 0 Å². The van der Waals surface area contributed by atoms with Gasteiger partial charge in [-0.25, -0.2) is 0 Å². The van der Waals surface area contributed by atoms with Crippen molar-refractivity contribution in [1.82, 2.24) is 0 Å².